The fourth-order valence-corrected chi connectivity index (χ4v) is 3.81. The van der Waals surface area contributed by atoms with Gasteiger partial charge >= 0.3 is 0 Å². The lowest BCUT2D eigenvalue weighted by Gasteiger charge is -2.34. The molecule has 1 fully saturated rings. The fourth-order valence-electron chi connectivity index (χ4n) is 3.68. The van der Waals surface area contributed by atoms with Crippen molar-refractivity contribution in [2.24, 2.45) is 0 Å². The van der Waals surface area contributed by atoms with E-state index in [1.54, 1.807) is 27.9 Å². The van der Waals surface area contributed by atoms with E-state index in [-0.39, 0.29) is 11.8 Å². The molecule has 1 aliphatic heterocycles. The van der Waals surface area contributed by atoms with E-state index in [0.717, 1.165) is 29.7 Å². The van der Waals surface area contributed by atoms with Gasteiger partial charge in [0.15, 0.2) is 0 Å². The van der Waals surface area contributed by atoms with E-state index in [1.807, 2.05) is 48.7 Å². The molecule has 154 valence electrons. The van der Waals surface area contributed by atoms with Gasteiger partial charge in [0, 0.05) is 36.3 Å². The zero-order chi connectivity index (χ0) is 20.9. The molecule has 2 aromatic carbocycles. The van der Waals surface area contributed by atoms with Gasteiger partial charge < -0.3 is 10.2 Å². The summed E-state index contributed by atoms with van der Waals surface area (Å²) in [4.78, 5) is 27.3. The van der Waals surface area contributed by atoms with Crippen LogP contribution in [0.4, 0.5) is 0 Å². The van der Waals surface area contributed by atoms with E-state index in [9.17, 15) is 9.59 Å². The molecular weight excluding hydrogens is 400 g/mol. The number of nitrogens with one attached hydrogen (secondary N) is 1. The molecule has 6 nitrogen and oxygen atoms in total. The predicted molar refractivity (Wildman–Crippen MR) is 115 cm³/mol. The van der Waals surface area contributed by atoms with Crippen LogP contribution < -0.4 is 5.32 Å². The lowest BCUT2D eigenvalue weighted by Crippen LogP contribution is -2.45. The molecule has 30 heavy (non-hydrogen) atoms. The second-order valence-electron chi connectivity index (χ2n) is 7.34. The molecule has 1 atom stereocenters. The van der Waals surface area contributed by atoms with Crippen LogP contribution >= 0.6 is 11.6 Å². The summed E-state index contributed by atoms with van der Waals surface area (Å²) in [6.45, 7) is 0.929. The predicted octanol–water partition coefficient (Wildman–Crippen LogP) is 3.90. The average molecular weight is 423 g/mol. The molecule has 2 heterocycles. The second-order valence-corrected chi connectivity index (χ2v) is 7.78. The molecule has 0 aliphatic carbocycles. The maximum Gasteiger partial charge on any atom is 0.247 e. The maximum atomic E-state index is 13.1. The van der Waals surface area contributed by atoms with Gasteiger partial charge in [-0.25, -0.2) is 4.68 Å². The number of halogens is 1. The fraction of sp³-hybridized carbons (Fsp3) is 0.261. The topological polar surface area (TPSA) is 67.2 Å². The zero-order valence-corrected chi connectivity index (χ0v) is 17.3. The Labute approximate surface area is 180 Å². The minimum Gasteiger partial charge on any atom is -0.350 e. The molecule has 1 N–H and O–H groups in total. The molecule has 2 amide bonds. The number of carbonyl (C=O) groups excluding carboxylic acids is 2. The minimum atomic E-state index is -0.620. The van der Waals surface area contributed by atoms with Crippen LogP contribution in [-0.4, -0.2) is 33.0 Å². The highest BCUT2D eigenvalue weighted by atomic mass is 35.5. The number of likely N-dealkylation sites (tertiary alicyclic amines) is 1. The van der Waals surface area contributed by atoms with Crippen LogP contribution in [0.3, 0.4) is 0 Å². The number of rotatable bonds is 6. The van der Waals surface area contributed by atoms with Crippen LogP contribution in [0, 0.1) is 0 Å². The van der Waals surface area contributed by atoms with Crippen LogP contribution in [0.25, 0.3) is 5.69 Å². The van der Waals surface area contributed by atoms with Gasteiger partial charge in [-0.15, -0.1) is 0 Å². The number of aromatic nitrogens is 2. The SMILES string of the molecule is O=C(NCc1cnn(-c2ccc(Cl)cc2)c1)C(c1ccccc1)N1CCCCC1=O. The first-order chi connectivity index (χ1) is 14.6. The summed E-state index contributed by atoms with van der Waals surface area (Å²) >= 11 is 5.94. The van der Waals surface area contributed by atoms with Gasteiger partial charge in [-0.2, -0.15) is 5.10 Å². The normalized spacial score (nSPS) is 15.1. The molecular formula is C23H23ClN4O2. The van der Waals surface area contributed by atoms with Crippen molar-refractivity contribution in [3.63, 3.8) is 0 Å². The highest BCUT2D eigenvalue weighted by molar-refractivity contribution is 6.30. The average Bonchev–Trinajstić information content (AvgIpc) is 3.24. The van der Waals surface area contributed by atoms with Crippen LogP contribution in [0.5, 0.6) is 0 Å². The summed E-state index contributed by atoms with van der Waals surface area (Å²) in [5.74, 6) is -0.156. The molecule has 0 radical (unpaired) electrons. The molecule has 0 saturated carbocycles. The summed E-state index contributed by atoms with van der Waals surface area (Å²) in [6, 6.07) is 16.2. The minimum absolute atomic E-state index is 0.0285. The van der Waals surface area contributed by atoms with Crippen LogP contribution in [0.1, 0.15) is 36.4 Å². The molecule has 1 aromatic heterocycles. The van der Waals surface area contributed by atoms with E-state index in [4.69, 9.17) is 11.6 Å². The van der Waals surface area contributed by atoms with Gasteiger partial charge in [-0.05, 0) is 42.7 Å². The van der Waals surface area contributed by atoms with E-state index in [0.29, 0.717) is 24.5 Å². The quantitative estimate of drug-likeness (QED) is 0.655. The highest BCUT2D eigenvalue weighted by Gasteiger charge is 2.32. The Bertz CT molecular complexity index is 1020. The van der Waals surface area contributed by atoms with Gasteiger partial charge in [0.1, 0.15) is 6.04 Å². The van der Waals surface area contributed by atoms with Crippen LogP contribution in [0.15, 0.2) is 67.0 Å². The molecule has 7 heteroatoms. The number of piperidine rings is 1. The van der Waals surface area contributed by atoms with E-state index in [2.05, 4.69) is 10.4 Å². The smallest absolute Gasteiger partial charge is 0.247 e. The van der Waals surface area contributed by atoms with E-state index in [1.165, 1.54) is 0 Å². The number of hydrogen-bond donors (Lipinski definition) is 1. The Morgan fingerprint density at radius 3 is 2.60 bits per heavy atom. The van der Waals surface area contributed by atoms with Crippen molar-refractivity contribution in [2.75, 3.05) is 6.54 Å². The van der Waals surface area contributed by atoms with Crippen molar-refractivity contribution in [2.45, 2.75) is 31.8 Å². The summed E-state index contributed by atoms with van der Waals surface area (Å²) < 4.78 is 1.74. The van der Waals surface area contributed by atoms with Crippen molar-refractivity contribution in [1.82, 2.24) is 20.0 Å². The Morgan fingerprint density at radius 2 is 1.87 bits per heavy atom. The van der Waals surface area contributed by atoms with Gasteiger partial charge in [0.2, 0.25) is 11.8 Å². The first kappa shape index (κ1) is 20.2. The second kappa shape index (κ2) is 9.13. The summed E-state index contributed by atoms with van der Waals surface area (Å²) in [7, 11) is 0. The van der Waals surface area contributed by atoms with Gasteiger partial charge in [-0.3, -0.25) is 9.59 Å². The van der Waals surface area contributed by atoms with Gasteiger partial charge in [0.05, 0.1) is 11.9 Å². The van der Waals surface area contributed by atoms with Crippen molar-refractivity contribution in [1.29, 1.82) is 0 Å². The molecule has 1 saturated heterocycles. The number of benzene rings is 2. The molecule has 0 bridgehead atoms. The Hall–Kier alpha value is -3.12. The molecule has 1 aliphatic rings. The summed E-state index contributed by atoms with van der Waals surface area (Å²) in [5, 5.41) is 8.00. The van der Waals surface area contributed by atoms with Crippen LogP contribution in [0.2, 0.25) is 5.02 Å². The van der Waals surface area contributed by atoms with Crippen molar-refractivity contribution in [3.8, 4) is 5.69 Å². The highest BCUT2D eigenvalue weighted by Crippen LogP contribution is 2.26. The Balaban J connectivity index is 1.48. The van der Waals surface area contributed by atoms with Crippen molar-refractivity contribution >= 4 is 23.4 Å². The number of nitrogens with zero attached hydrogens (tertiary/aromatic N) is 3. The third-order valence-corrected chi connectivity index (χ3v) is 5.48. The van der Waals surface area contributed by atoms with Crippen molar-refractivity contribution in [3.05, 3.63) is 83.1 Å². The Morgan fingerprint density at radius 1 is 1.10 bits per heavy atom. The monoisotopic (exact) mass is 422 g/mol. The van der Waals surface area contributed by atoms with Gasteiger partial charge in [-0.1, -0.05) is 41.9 Å². The van der Waals surface area contributed by atoms with E-state index >= 15 is 0 Å². The maximum absolute atomic E-state index is 13.1. The van der Waals surface area contributed by atoms with Crippen LogP contribution in [-0.2, 0) is 16.1 Å². The Kier molecular flexibility index (Phi) is 6.14. The zero-order valence-electron chi connectivity index (χ0n) is 16.5. The standard InChI is InChI=1S/C23H23ClN4O2/c24-19-9-11-20(12-10-19)28-16-17(15-26-28)14-25-23(30)22(18-6-2-1-3-7-18)27-13-5-4-8-21(27)29/h1-3,6-7,9-12,15-16,22H,4-5,8,13-14H2,(H,25,30). The molecule has 1 unspecified atom stereocenters. The third-order valence-electron chi connectivity index (χ3n) is 5.23. The lowest BCUT2D eigenvalue weighted by atomic mass is 10.0. The molecule has 3 aromatic rings. The largest absolute Gasteiger partial charge is 0.350 e. The lowest BCUT2D eigenvalue weighted by molar-refractivity contribution is -0.142. The van der Waals surface area contributed by atoms with E-state index < -0.39 is 6.04 Å². The first-order valence-corrected chi connectivity index (χ1v) is 10.4. The summed E-state index contributed by atoms with van der Waals surface area (Å²) in [5.41, 5.74) is 2.58. The number of carbonyl (C=O) groups is 2. The summed E-state index contributed by atoms with van der Waals surface area (Å²) in [6.07, 6.45) is 5.87. The third kappa shape index (κ3) is 4.54. The molecule has 0 spiro atoms. The molecule has 4 rings (SSSR count). The number of amides is 2. The van der Waals surface area contributed by atoms with Gasteiger partial charge in [0.25, 0.3) is 0 Å². The first-order valence-electron chi connectivity index (χ1n) is 10.0. The number of hydrogen-bond acceptors (Lipinski definition) is 3. The van der Waals surface area contributed by atoms with Crippen molar-refractivity contribution < 1.29 is 9.59 Å².